The van der Waals surface area contributed by atoms with Gasteiger partial charge in [0.1, 0.15) is 6.54 Å². The van der Waals surface area contributed by atoms with Crippen molar-refractivity contribution in [2.45, 2.75) is 12.6 Å². The van der Waals surface area contributed by atoms with E-state index in [0.29, 0.717) is 5.69 Å². The third-order valence-corrected chi connectivity index (χ3v) is 2.09. The first-order chi connectivity index (χ1) is 7.88. The van der Waals surface area contributed by atoms with E-state index in [2.05, 4.69) is 0 Å². The highest BCUT2D eigenvalue weighted by Gasteiger charge is 2.30. The topological polar surface area (TPSA) is 40.5 Å². The fourth-order valence-electron chi connectivity index (χ4n) is 1.39. The number of anilines is 1. The number of nitrogens with zero attached hydrogens (tertiary/aromatic N) is 1. The van der Waals surface area contributed by atoms with Gasteiger partial charge in [0.25, 0.3) is 0 Å². The molecule has 0 aliphatic rings. The molecule has 0 atom stereocenters. The molecule has 0 spiro atoms. The fraction of sp³-hybridized carbons (Fsp3) is 0.364. The Morgan fingerprint density at radius 2 is 1.82 bits per heavy atom. The summed E-state index contributed by atoms with van der Waals surface area (Å²) in [6.07, 6.45) is -4.68. The molecule has 0 aromatic heterocycles. The molecule has 0 heterocycles. The number of halogens is 3. The molecule has 0 amide bonds. The first-order valence-electron chi connectivity index (χ1n) is 4.97. The Balaban J connectivity index is 2.75. The number of carboxylic acid groups (broad SMARTS) is 1. The number of benzene rings is 1. The second kappa shape index (κ2) is 5.56. The number of alkyl halides is 3. The lowest BCUT2D eigenvalue weighted by Crippen LogP contribution is -2.35. The first kappa shape index (κ1) is 13.3. The van der Waals surface area contributed by atoms with Crippen LogP contribution in [0.25, 0.3) is 0 Å². The highest BCUT2D eigenvalue weighted by molar-refractivity contribution is 5.67. The minimum atomic E-state index is -4.35. The van der Waals surface area contributed by atoms with E-state index in [1.54, 1.807) is 18.2 Å². The number of aliphatic carboxylic acids is 1. The predicted molar refractivity (Wildman–Crippen MR) is 57.0 cm³/mol. The lowest BCUT2D eigenvalue weighted by Gasteiger charge is -2.25. The van der Waals surface area contributed by atoms with Crippen LogP contribution in [-0.4, -0.2) is 30.3 Å². The van der Waals surface area contributed by atoms with Crippen LogP contribution in [0.5, 0.6) is 0 Å². The second-order valence-electron chi connectivity index (χ2n) is 3.52. The van der Waals surface area contributed by atoms with Crippen molar-refractivity contribution < 1.29 is 23.1 Å². The number of carboxylic acids is 1. The van der Waals surface area contributed by atoms with Crippen LogP contribution in [0.15, 0.2) is 30.3 Å². The van der Waals surface area contributed by atoms with Crippen LogP contribution in [0, 0.1) is 0 Å². The van der Waals surface area contributed by atoms with Crippen LogP contribution in [0.4, 0.5) is 18.9 Å². The summed E-state index contributed by atoms with van der Waals surface area (Å²) in [5.41, 5.74) is 0.367. The Labute approximate surface area is 96.5 Å². The number of hydrogen-bond donors (Lipinski definition) is 1. The molecule has 1 aromatic rings. The van der Waals surface area contributed by atoms with Gasteiger partial charge in [-0.25, -0.2) is 0 Å². The summed E-state index contributed by atoms with van der Waals surface area (Å²) in [5, 5.41) is 8.50. The molecule has 1 aromatic carbocycles. The molecule has 0 fully saturated rings. The highest BCUT2D eigenvalue weighted by Crippen LogP contribution is 2.21. The van der Waals surface area contributed by atoms with E-state index in [1.165, 1.54) is 12.1 Å². The lowest BCUT2D eigenvalue weighted by molar-refractivity contribution is -0.137. The van der Waals surface area contributed by atoms with Crippen molar-refractivity contribution in [1.82, 2.24) is 0 Å². The average molecular weight is 247 g/mol. The van der Waals surface area contributed by atoms with Gasteiger partial charge < -0.3 is 10.0 Å². The molecule has 0 unspecified atom stereocenters. The van der Waals surface area contributed by atoms with Gasteiger partial charge in [-0.15, -0.1) is 0 Å². The molecule has 3 nitrogen and oxygen atoms in total. The van der Waals surface area contributed by atoms with E-state index in [1.807, 2.05) is 0 Å². The molecule has 0 bridgehead atoms. The van der Waals surface area contributed by atoms with Crippen LogP contribution < -0.4 is 4.90 Å². The number of para-hydroxylation sites is 1. The van der Waals surface area contributed by atoms with Gasteiger partial charge in [0.2, 0.25) is 0 Å². The van der Waals surface area contributed by atoms with Crippen LogP contribution in [0.2, 0.25) is 0 Å². The molecule has 94 valence electrons. The van der Waals surface area contributed by atoms with Gasteiger partial charge in [-0.1, -0.05) is 18.2 Å². The molecule has 0 saturated heterocycles. The van der Waals surface area contributed by atoms with Crippen LogP contribution in [0.3, 0.4) is 0 Å². The Morgan fingerprint density at radius 1 is 1.24 bits per heavy atom. The standard InChI is InChI=1S/C11H12F3NO2/c12-11(13,14)8-15(7-6-10(16)17)9-4-2-1-3-5-9/h1-5H,6-8H2,(H,16,17). The summed E-state index contributed by atoms with van der Waals surface area (Å²) in [6, 6.07) is 7.95. The fourth-order valence-corrected chi connectivity index (χ4v) is 1.39. The Bertz CT molecular complexity index is 365. The normalized spacial score (nSPS) is 11.2. The maximum Gasteiger partial charge on any atom is 0.405 e. The highest BCUT2D eigenvalue weighted by atomic mass is 19.4. The summed E-state index contributed by atoms with van der Waals surface area (Å²) in [6.45, 7) is -1.32. The Morgan fingerprint density at radius 3 is 2.29 bits per heavy atom. The van der Waals surface area contributed by atoms with Gasteiger partial charge in [-0.2, -0.15) is 13.2 Å². The zero-order valence-corrected chi connectivity index (χ0v) is 8.94. The molecule has 6 heteroatoms. The second-order valence-corrected chi connectivity index (χ2v) is 3.52. The van der Waals surface area contributed by atoms with E-state index in [0.717, 1.165) is 4.90 Å². The van der Waals surface area contributed by atoms with Crippen molar-refractivity contribution in [3.63, 3.8) is 0 Å². The first-order valence-corrected chi connectivity index (χ1v) is 4.97. The van der Waals surface area contributed by atoms with E-state index in [-0.39, 0.29) is 13.0 Å². The van der Waals surface area contributed by atoms with Gasteiger partial charge in [0, 0.05) is 12.2 Å². The summed E-state index contributed by atoms with van der Waals surface area (Å²) >= 11 is 0. The van der Waals surface area contributed by atoms with Crippen molar-refractivity contribution in [3.8, 4) is 0 Å². The molecule has 0 aliphatic carbocycles. The van der Waals surface area contributed by atoms with Crippen molar-refractivity contribution in [2.75, 3.05) is 18.0 Å². The number of carbonyl (C=O) groups is 1. The lowest BCUT2D eigenvalue weighted by atomic mass is 10.2. The molecule has 0 radical (unpaired) electrons. The molecule has 1 N–H and O–H groups in total. The van der Waals surface area contributed by atoms with Crippen molar-refractivity contribution in [3.05, 3.63) is 30.3 Å². The molecular weight excluding hydrogens is 235 g/mol. The molecule has 0 saturated carbocycles. The molecule has 0 aliphatic heterocycles. The van der Waals surface area contributed by atoms with Crippen molar-refractivity contribution >= 4 is 11.7 Å². The minimum Gasteiger partial charge on any atom is -0.481 e. The zero-order valence-electron chi connectivity index (χ0n) is 8.94. The zero-order chi connectivity index (χ0) is 12.9. The predicted octanol–water partition coefficient (Wildman–Crippen LogP) is 2.53. The van der Waals surface area contributed by atoms with Gasteiger partial charge in [-0.3, -0.25) is 4.79 Å². The molecular formula is C11H12F3NO2. The third-order valence-electron chi connectivity index (χ3n) is 2.09. The number of hydrogen-bond acceptors (Lipinski definition) is 2. The Hall–Kier alpha value is -1.72. The maximum atomic E-state index is 12.3. The summed E-state index contributed by atoms with van der Waals surface area (Å²) < 4.78 is 37.0. The van der Waals surface area contributed by atoms with E-state index >= 15 is 0 Å². The summed E-state index contributed by atoms with van der Waals surface area (Å²) in [5.74, 6) is -1.12. The minimum absolute atomic E-state index is 0.168. The number of rotatable bonds is 5. The van der Waals surface area contributed by atoms with Crippen molar-refractivity contribution in [1.29, 1.82) is 0 Å². The molecule has 17 heavy (non-hydrogen) atoms. The monoisotopic (exact) mass is 247 g/mol. The van der Waals surface area contributed by atoms with Gasteiger partial charge >= 0.3 is 12.1 Å². The van der Waals surface area contributed by atoms with Crippen LogP contribution >= 0.6 is 0 Å². The van der Waals surface area contributed by atoms with Crippen molar-refractivity contribution in [2.24, 2.45) is 0 Å². The summed E-state index contributed by atoms with van der Waals surface area (Å²) in [7, 11) is 0. The average Bonchev–Trinajstić information content (AvgIpc) is 2.24. The SMILES string of the molecule is O=C(O)CCN(CC(F)(F)F)c1ccccc1. The van der Waals surface area contributed by atoms with E-state index in [9.17, 15) is 18.0 Å². The van der Waals surface area contributed by atoms with E-state index in [4.69, 9.17) is 5.11 Å². The smallest absolute Gasteiger partial charge is 0.405 e. The van der Waals surface area contributed by atoms with Gasteiger partial charge in [0.05, 0.1) is 6.42 Å². The quantitative estimate of drug-likeness (QED) is 0.869. The summed E-state index contributed by atoms with van der Waals surface area (Å²) in [4.78, 5) is 11.4. The van der Waals surface area contributed by atoms with E-state index < -0.39 is 18.7 Å². The van der Waals surface area contributed by atoms with Crippen LogP contribution in [0.1, 0.15) is 6.42 Å². The molecule has 1 rings (SSSR count). The maximum absolute atomic E-state index is 12.3. The Kier molecular flexibility index (Phi) is 4.37. The van der Waals surface area contributed by atoms with Crippen LogP contribution in [-0.2, 0) is 4.79 Å². The third kappa shape index (κ3) is 5.24. The van der Waals surface area contributed by atoms with Gasteiger partial charge in [0.15, 0.2) is 0 Å². The largest absolute Gasteiger partial charge is 0.481 e. The van der Waals surface area contributed by atoms with Gasteiger partial charge in [-0.05, 0) is 12.1 Å².